The minimum atomic E-state index is -0.281. The zero-order valence-electron chi connectivity index (χ0n) is 10.7. The molecule has 0 heterocycles. The fraction of sp³-hybridized carbons (Fsp3) is 0.538. The van der Waals surface area contributed by atoms with Gasteiger partial charge in [0.05, 0.1) is 6.10 Å². The topological polar surface area (TPSA) is 49.5 Å². The molecule has 0 radical (unpaired) electrons. The fourth-order valence-corrected chi connectivity index (χ4v) is 1.98. The van der Waals surface area contributed by atoms with Gasteiger partial charge in [-0.3, -0.25) is 0 Å². The highest BCUT2D eigenvalue weighted by Gasteiger charge is 2.08. The summed E-state index contributed by atoms with van der Waals surface area (Å²) in [6.07, 6.45) is 0.458. The second-order valence-corrected chi connectivity index (χ2v) is 4.96. The van der Waals surface area contributed by atoms with Crippen LogP contribution >= 0.6 is 11.6 Å². The molecule has 0 spiro atoms. The number of aliphatic hydroxyl groups excluding tert-OH is 1. The van der Waals surface area contributed by atoms with Crippen LogP contribution < -0.4 is 10.6 Å². The molecule has 0 aliphatic rings. The molecule has 0 aliphatic carbocycles. The molecule has 1 aromatic rings. The van der Waals surface area contributed by atoms with Gasteiger partial charge in [0.15, 0.2) is 0 Å². The lowest BCUT2D eigenvalue weighted by atomic mass is 10.1. The van der Waals surface area contributed by atoms with E-state index in [1.54, 1.807) is 6.92 Å². The fourth-order valence-electron chi connectivity index (χ4n) is 1.63. The third kappa shape index (κ3) is 4.19. The normalized spacial score (nSPS) is 14.5. The Kier molecular flexibility index (Phi) is 5.25. The van der Waals surface area contributed by atoms with Gasteiger partial charge in [0.2, 0.25) is 0 Å². The second-order valence-electron chi connectivity index (χ2n) is 4.55. The Morgan fingerprint density at radius 2 is 2.06 bits per heavy atom. The highest BCUT2D eigenvalue weighted by molar-refractivity contribution is 6.31. The molecule has 1 aromatic carbocycles. The molecular formula is C13H21ClN2O. The molecule has 0 bridgehead atoms. The Hall–Kier alpha value is -0.770. The summed E-state index contributed by atoms with van der Waals surface area (Å²) in [4.78, 5) is 2.07. The van der Waals surface area contributed by atoms with Crippen LogP contribution in [-0.2, 0) is 0 Å². The molecule has 3 N–H and O–H groups in total. The van der Waals surface area contributed by atoms with Crippen LogP contribution in [0.4, 0.5) is 5.69 Å². The van der Waals surface area contributed by atoms with Gasteiger partial charge in [0.25, 0.3) is 0 Å². The van der Waals surface area contributed by atoms with E-state index in [9.17, 15) is 5.11 Å². The lowest BCUT2D eigenvalue weighted by Crippen LogP contribution is -2.21. The number of benzene rings is 1. The van der Waals surface area contributed by atoms with E-state index in [4.69, 9.17) is 17.3 Å². The quantitative estimate of drug-likeness (QED) is 0.851. The van der Waals surface area contributed by atoms with Gasteiger partial charge in [-0.1, -0.05) is 17.7 Å². The van der Waals surface area contributed by atoms with Crippen molar-refractivity contribution >= 4 is 17.3 Å². The smallest absolute Gasteiger partial charge is 0.0528 e. The van der Waals surface area contributed by atoms with E-state index in [1.807, 2.05) is 32.2 Å². The predicted molar refractivity (Wildman–Crippen MR) is 73.6 cm³/mol. The Bertz CT molecular complexity index is 366. The van der Waals surface area contributed by atoms with Crippen LogP contribution in [0.1, 0.15) is 31.9 Å². The van der Waals surface area contributed by atoms with Crippen molar-refractivity contribution in [2.24, 2.45) is 5.73 Å². The minimum Gasteiger partial charge on any atom is -0.393 e. The lowest BCUT2D eigenvalue weighted by molar-refractivity contribution is 0.187. The molecule has 17 heavy (non-hydrogen) atoms. The maximum atomic E-state index is 9.25. The van der Waals surface area contributed by atoms with Crippen molar-refractivity contribution in [1.29, 1.82) is 0 Å². The summed E-state index contributed by atoms with van der Waals surface area (Å²) < 4.78 is 0. The first-order chi connectivity index (χ1) is 7.91. The lowest BCUT2D eigenvalue weighted by Gasteiger charge is -2.21. The summed E-state index contributed by atoms with van der Waals surface area (Å²) in [5.74, 6) is 0. The van der Waals surface area contributed by atoms with Crippen molar-refractivity contribution in [1.82, 2.24) is 0 Å². The maximum absolute atomic E-state index is 9.25. The third-order valence-electron chi connectivity index (χ3n) is 2.80. The van der Waals surface area contributed by atoms with E-state index in [0.29, 0.717) is 5.02 Å². The van der Waals surface area contributed by atoms with Crippen LogP contribution in [0.2, 0.25) is 5.02 Å². The summed E-state index contributed by atoms with van der Waals surface area (Å²) in [5, 5.41) is 9.95. The van der Waals surface area contributed by atoms with Gasteiger partial charge in [-0.25, -0.2) is 0 Å². The number of nitrogens with zero attached hydrogens (tertiary/aromatic N) is 1. The van der Waals surface area contributed by atoms with Crippen LogP contribution in [0, 0.1) is 0 Å². The Balaban J connectivity index is 2.75. The van der Waals surface area contributed by atoms with Crippen molar-refractivity contribution in [3.05, 3.63) is 28.8 Å². The molecule has 0 fully saturated rings. The van der Waals surface area contributed by atoms with Crippen molar-refractivity contribution in [2.75, 3.05) is 18.5 Å². The zero-order chi connectivity index (χ0) is 13.0. The summed E-state index contributed by atoms with van der Waals surface area (Å²) in [5.41, 5.74) is 7.81. The van der Waals surface area contributed by atoms with E-state index in [-0.39, 0.29) is 12.1 Å². The van der Waals surface area contributed by atoms with Gasteiger partial charge in [-0.15, -0.1) is 0 Å². The highest BCUT2D eigenvalue weighted by Crippen LogP contribution is 2.26. The summed E-state index contributed by atoms with van der Waals surface area (Å²) in [7, 11) is 1.99. The largest absolute Gasteiger partial charge is 0.393 e. The average Bonchev–Trinajstić information content (AvgIpc) is 2.25. The van der Waals surface area contributed by atoms with Crippen LogP contribution in [0.3, 0.4) is 0 Å². The van der Waals surface area contributed by atoms with Gasteiger partial charge in [0, 0.05) is 30.3 Å². The number of hydrogen-bond acceptors (Lipinski definition) is 3. The Morgan fingerprint density at radius 1 is 1.41 bits per heavy atom. The molecule has 1 rings (SSSR count). The predicted octanol–water partition coefficient (Wildman–Crippen LogP) is 2.57. The average molecular weight is 257 g/mol. The number of rotatable bonds is 5. The van der Waals surface area contributed by atoms with E-state index in [2.05, 4.69) is 4.90 Å². The molecule has 0 aromatic heterocycles. The molecule has 3 nitrogen and oxygen atoms in total. The molecule has 96 valence electrons. The van der Waals surface area contributed by atoms with Gasteiger partial charge in [-0.2, -0.15) is 0 Å². The van der Waals surface area contributed by atoms with Gasteiger partial charge < -0.3 is 15.7 Å². The molecule has 4 heteroatoms. The molecular weight excluding hydrogens is 236 g/mol. The van der Waals surface area contributed by atoms with Gasteiger partial charge in [0.1, 0.15) is 0 Å². The van der Waals surface area contributed by atoms with Crippen LogP contribution in [0.15, 0.2) is 18.2 Å². The maximum Gasteiger partial charge on any atom is 0.0528 e. The van der Waals surface area contributed by atoms with E-state index < -0.39 is 0 Å². The number of halogens is 1. The molecule has 2 unspecified atom stereocenters. The summed E-state index contributed by atoms with van der Waals surface area (Å²) in [6.45, 7) is 4.50. The minimum absolute atomic E-state index is 0.0562. The molecule has 0 saturated carbocycles. The van der Waals surface area contributed by atoms with Crippen LogP contribution in [0.5, 0.6) is 0 Å². The molecule has 0 amide bonds. The SMILES string of the molecule is CC(O)CCN(C)c1ccc(C(C)N)c(Cl)c1. The van der Waals surface area contributed by atoms with E-state index in [1.165, 1.54) is 0 Å². The van der Waals surface area contributed by atoms with Gasteiger partial charge in [-0.05, 0) is 38.0 Å². The second kappa shape index (κ2) is 6.24. The Morgan fingerprint density at radius 3 is 2.53 bits per heavy atom. The first-order valence-corrected chi connectivity index (χ1v) is 6.24. The van der Waals surface area contributed by atoms with Gasteiger partial charge >= 0.3 is 0 Å². The monoisotopic (exact) mass is 256 g/mol. The van der Waals surface area contributed by atoms with Crippen molar-refractivity contribution in [3.63, 3.8) is 0 Å². The Labute approximate surface area is 108 Å². The van der Waals surface area contributed by atoms with Crippen molar-refractivity contribution in [3.8, 4) is 0 Å². The van der Waals surface area contributed by atoms with E-state index in [0.717, 1.165) is 24.2 Å². The third-order valence-corrected chi connectivity index (χ3v) is 3.12. The summed E-state index contributed by atoms with van der Waals surface area (Å²) >= 11 is 6.18. The van der Waals surface area contributed by atoms with E-state index >= 15 is 0 Å². The zero-order valence-corrected chi connectivity index (χ0v) is 11.4. The van der Waals surface area contributed by atoms with Crippen LogP contribution in [0.25, 0.3) is 0 Å². The first kappa shape index (κ1) is 14.3. The number of hydrogen-bond donors (Lipinski definition) is 2. The number of aliphatic hydroxyl groups is 1. The van der Waals surface area contributed by atoms with Crippen LogP contribution in [-0.4, -0.2) is 24.8 Å². The standard InChI is InChI=1S/C13H21ClN2O/c1-9(17)6-7-16(3)11-4-5-12(10(2)15)13(14)8-11/h4-5,8-10,17H,6-7,15H2,1-3H3. The highest BCUT2D eigenvalue weighted by atomic mass is 35.5. The number of anilines is 1. The molecule has 0 saturated heterocycles. The van der Waals surface area contributed by atoms with Crippen molar-refractivity contribution in [2.45, 2.75) is 32.4 Å². The first-order valence-electron chi connectivity index (χ1n) is 5.86. The molecule has 0 aliphatic heterocycles. The summed E-state index contributed by atoms with van der Waals surface area (Å²) in [6, 6.07) is 5.83. The number of nitrogens with two attached hydrogens (primary N) is 1. The molecule has 2 atom stereocenters. The van der Waals surface area contributed by atoms with Crippen molar-refractivity contribution < 1.29 is 5.11 Å².